The Labute approximate surface area is 124 Å². The Balaban J connectivity index is 1.72. The zero-order chi connectivity index (χ0) is 14.9. The van der Waals surface area contributed by atoms with Gasteiger partial charge < -0.3 is 0 Å². The molecule has 1 saturated heterocycles. The Morgan fingerprint density at radius 2 is 1.90 bits per heavy atom. The highest BCUT2D eigenvalue weighted by Crippen LogP contribution is 2.37. The van der Waals surface area contributed by atoms with E-state index in [9.17, 15) is 13.6 Å². The first-order valence-corrected chi connectivity index (χ1v) is 7.78. The van der Waals surface area contributed by atoms with Crippen LogP contribution in [0, 0.1) is 5.92 Å². The second-order valence-electron chi connectivity index (χ2n) is 6.22. The summed E-state index contributed by atoms with van der Waals surface area (Å²) in [4.78, 5) is 13.8. The van der Waals surface area contributed by atoms with Crippen LogP contribution in [0.1, 0.15) is 37.7 Å². The van der Waals surface area contributed by atoms with Gasteiger partial charge in [-0.05, 0) is 32.2 Å². The first kappa shape index (κ1) is 14.6. The van der Waals surface area contributed by atoms with E-state index in [1.807, 2.05) is 4.90 Å². The number of benzene rings is 1. The van der Waals surface area contributed by atoms with Gasteiger partial charge in [-0.2, -0.15) is 8.78 Å². The van der Waals surface area contributed by atoms with Crippen LogP contribution in [0.3, 0.4) is 0 Å². The molecule has 1 saturated carbocycles. The lowest BCUT2D eigenvalue weighted by molar-refractivity contribution is -0.123. The minimum Gasteiger partial charge on any atom is -0.299 e. The van der Waals surface area contributed by atoms with Gasteiger partial charge in [-0.25, -0.2) is 0 Å². The van der Waals surface area contributed by atoms with Gasteiger partial charge in [0.25, 0.3) is 5.92 Å². The van der Waals surface area contributed by atoms with Crippen LogP contribution in [0.15, 0.2) is 30.3 Å². The number of likely N-dealkylation sites (tertiary alicyclic amines) is 1. The molecule has 0 aromatic heterocycles. The molecule has 2 aliphatic rings. The fourth-order valence-electron chi connectivity index (χ4n) is 3.78. The summed E-state index contributed by atoms with van der Waals surface area (Å²) in [5.41, 5.74) is 0.0633. The molecule has 1 aromatic rings. The van der Waals surface area contributed by atoms with Gasteiger partial charge >= 0.3 is 0 Å². The Morgan fingerprint density at radius 1 is 1.14 bits per heavy atom. The third-order valence-corrected chi connectivity index (χ3v) is 4.83. The second-order valence-corrected chi connectivity index (χ2v) is 6.22. The van der Waals surface area contributed by atoms with Crippen molar-refractivity contribution >= 4 is 5.78 Å². The lowest BCUT2D eigenvalue weighted by Gasteiger charge is -2.31. The van der Waals surface area contributed by atoms with Crippen LogP contribution in [-0.2, 0) is 10.7 Å². The lowest BCUT2D eigenvalue weighted by Crippen LogP contribution is -2.43. The molecule has 1 heterocycles. The normalized spacial score (nSPS) is 27.4. The molecule has 2 fully saturated rings. The molecule has 1 aliphatic heterocycles. The molecule has 3 rings (SSSR count). The van der Waals surface area contributed by atoms with Gasteiger partial charge in [0.15, 0.2) is 0 Å². The van der Waals surface area contributed by atoms with Crippen LogP contribution < -0.4 is 0 Å². The number of nitrogens with zero attached hydrogens (tertiary/aromatic N) is 1. The van der Waals surface area contributed by atoms with Crippen molar-refractivity contribution in [3.8, 4) is 0 Å². The first-order valence-electron chi connectivity index (χ1n) is 7.78. The van der Waals surface area contributed by atoms with Crippen molar-refractivity contribution in [2.75, 3.05) is 13.1 Å². The SMILES string of the molecule is O=C1CCCC1C1CCCN1CC(F)(F)c1ccccc1. The van der Waals surface area contributed by atoms with E-state index in [1.54, 1.807) is 18.2 Å². The van der Waals surface area contributed by atoms with Gasteiger partial charge in [-0.1, -0.05) is 30.3 Å². The third-order valence-electron chi connectivity index (χ3n) is 4.83. The maximum atomic E-state index is 14.4. The van der Waals surface area contributed by atoms with E-state index in [0.717, 1.165) is 25.7 Å². The van der Waals surface area contributed by atoms with Gasteiger partial charge in [0.05, 0.1) is 6.54 Å². The summed E-state index contributed by atoms with van der Waals surface area (Å²) in [7, 11) is 0. The maximum absolute atomic E-state index is 14.4. The smallest absolute Gasteiger partial charge is 0.285 e. The number of hydrogen-bond donors (Lipinski definition) is 0. The Kier molecular flexibility index (Phi) is 4.07. The van der Waals surface area contributed by atoms with E-state index < -0.39 is 5.92 Å². The zero-order valence-corrected chi connectivity index (χ0v) is 12.1. The summed E-state index contributed by atoms with van der Waals surface area (Å²) in [5.74, 6) is -2.60. The second kappa shape index (κ2) is 5.84. The predicted molar refractivity (Wildman–Crippen MR) is 77.3 cm³/mol. The molecule has 1 aliphatic carbocycles. The predicted octanol–water partition coefficient (Wildman–Crippen LogP) is 3.61. The summed E-state index contributed by atoms with van der Waals surface area (Å²) < 4.78 is 28.9. The summed E-state index contributed by atoms with van der Waals surface area (Å²) in [6, 6.07) is 8.01. The number of rotatable bonds is 4. The van der Waals surface area contributed by atoms with Gasteiger partial charge in [-0.15, -0.1) is 0 Å². The topological polar surface area (TPSA) is 20.3 Å². The number of Topliss-reactive ketones (excluding diaryl/α,β-unsaturated/α-hetero) is 1. The minimum absolute atomic E-state index is 0.0147. The Hall–Kier alpha value is -1.29. The van der Waals surface area contributed by atoms with Crippen molar-refractivity contribution in [2.24, 2.45) is 5.92 Å². The molecule has 1 aromatic carbocycles. The van der Waals surface area contributed by atoms with E-state index in [0.29, 0.717) is 13.0 Å². The summed E-state index contributed by atoms with van der Waals surface area (Å²) in [6.07, 6.45) is 4.21. The van der Waals surface area contributed by atoms with E-state index in [-0.39, 0.29) is 29.9 Å². The van der Waals surface area contributed by atoms with Crippen LogP contribution in [0.5, 0.6) is 0 Å². The number of halogens is 2. The Bertz CT molecular complexity index is 503. The van der Waals surface area contributed by atoms with Crippen LogP contribution >= 0.6 is 0 Å². The first-order chi connectivity index (χ1) is 10.1. The van der Waals surface area contributed by atoms with Crippen LogP contribution in [0.4, 0.5) is 8.78 Å². The fourth-order valence-corrected chi connectivity index (χ4v) is 3.78. The van der Waals surface area contributed by atoms with E-state index in [4.69, 9.17) is 0 Å². The molecule has 0 amide bonds. The molecule has 0 radical (unpaired) electrons. The summed E-state index contributed by atoms with van der Waals surface area (Å²) in [6.45, 7) is 0.405. The molecule has 0 spiro atoms. The van der Waals surface area contributed by atoms with Crippen molar-refractivity contribution < 1.29 is 13.6 Å². The minimum atomic E-state index is -2.86. The van der Waals surface area contributed by atoms with Crippen molar-refractivity contribution in [3.05, 3.63) is 35.9 Å². The molecule has 4 heteroatoms. The zero-order valence-electron chi connectivity index (χ0n) is 12.1. The molecule has 2 atom stereocenters. The number of carbonyl (C=O) groups excluding carboxylic acids is 1. The quantitative estimate of drug-likeness (QED) is 0.845. The van der Waals surface area contributed by atoms with Gasteiger partial charge in [-0.3, -0.25) is 9.69 Å². The molecule has 2 unspecified atom stereocenters. The fraction of sp³-hybridized carbons (Fsp3) is 0.588. The third kappa shape index (κ3) is 3.00. The lowest BCUT2D eigenvalue weighted by atomic mass is 9.94. The van der Waals surface area contributed by atoms with Gasteiger partial charge in [0, 0.05) is 23.9 Å². The van der Waals surface area contributed by atoms with Crippen LogP contribution in [-0.4, -0.2) is 29.8 Å². The van der Waals surface area contributed by atoms with E-state index in [2.05, 4.69) is 0 Å². The number of carbonyl (C=O) groups is 1. The van der Waals surface area contributed by atoms with E-state index in [1.165, 1.54) is 12.1 Å². The average molecular weight is 293 g/mol. The van der Waals surface area contributed by atoms with Crippen molar-refractivity contribution in [1.82, 2.24) is 4.90 Å². The highest BCUT2D eigenvalue weighted by atomic mass is 19.3. The molecule has 0 bridgehead atoms. The number of alkyl halides is 2. The van der Waals surface area contributed by atoms with Crippen molar-refractivity contribution in [1.29, 1.82) is 0 Å². The Morgan fingerprint density at radius 3 is 2.57 bits per heavy atom. The van der Waals surface area contributed by atoms with Crippen LogP contribution in [0.2, 0.25) is 0 Å². The molecule has 0 N–H and O–H groups in total. The number of hydrogen-bond acceptors (Lipinski definition) is 2. The standard InChI is InChI=1S/C17H21F2NO/c18-17(19,13-6-2-1-3-7-13)12-20-11-5-9-15(20)14-8-4-10-16(14)21/h1-3,6-7,14-15H,4-5,8-12H2. The maximum Gasteiger partial charge on any atom is 0.285 e. The molecule has 2 nitrogen and oxygen atoms in total. The van der Waals surface area contributed by atoms with E-state index >= 15 is 0 Å². The monoisotopic (exact) mass is 293 g/mol. The molecule has 114 valence electrons. The molecular weight excluding hydrogens is 272 g/mol. The summed E-state index contributed by atoms with van der Waals surface area (Å²) >= 11 is 0. The van der Waals surface area contributed by atoms with Crippen molar-refractivity contribution in [3.63, 3.8) is 0 Å². The molecule has 21 heavy (non-hydrogen) atoms. The largest absolute Gasteiger partial charge is 0.299 e. The highest BCUT2D eigenvalue weighted by Gasteiger charge is 2.42. The number of ketones is 1. The molecular formula is C17H21F2NO. The van der Waals surface area contributed by atoms with Gasteiger partial charge in [0.2, 0.25) is 0 Å². The average Bonchev–Trinajstić information content (AvgIpc) is 3.08. The van der Waals surface area contributed by atoms with Crippen molar-refractivity contribution in [2.45, 2.75) is 44.1 Å². The van der Waals surface area contributed by atoms with Gasteiger partial charge in [0.1, 0.15) is 5.78 Å². The highest BCUT2D eigenvalue weighted by molar-refractivity contribution is 5.83. The summed E-state index contributed by atoms with van der Waals surface area (Å²) in [5, 5.41) is 0. The van der Waals surface area contributed by atoms with Crippen LogP contribution in [0.25, 0.3) is 0 Å².